The van der Waals surface area contributed by atoms with Gasteiger partial charge >= 0.3 is 0 Å². The van der Waals surface area contributed by atoms with Crippen LogP contribution in [0.3, 0.4) is 0 Å². The lowest BCUT2D eigenvalue weighted by molar-refractivity contribution is 0.0915. The van der Waals surface area contributed by atoms with Gasteiger partial charge in [-0.2, -0.15) is 0 Å². The van der Waals surface area contributed by atoms with Gasteiger partial charge < -0.3 is 14.2 Å². The molecule has 0 aromatic rings. The van der Waals surface area contributed by atoms with E-state index in [0.717, 1.165) is 52.5 Å². The molecule has 0 heterocycles. The standard InChI is InChI=1S/C24H49O3/c1-4-7-10-13-18-25-21-16-24(23-27-20-15-12-9-6-3)17-22-26-19-14-11-8-5-2/h4-23H2,1-3H3. The highest BCUT2D eigenvalue weighted by Crippen LogP contribution is 2.14. The van der Waals surface area contributed by atoms with Crippen molar-refractivity contribution in [3.8, 4) is 0 Å². The van der Waals surface area contributed by atoms with E-state index in [2.05, 4.69) is 20.8 Å². The Morgan fingerprint density at radius 1 is 0.444 bits per heavy atom. The van der Waals surface area contributed by atoms with Gasteiger partial charge in [0, 0.05) is 39.0 Å². The molecular weight excluding hydrogens is 336 g/mol. The quantitative estimate of drug-likeness (QED) is 0.175. The monoisotopic (exact) mass is 385 g/mol. The van der Waals surface area contributed by atoms with Crippen LogP contribution in [0.2, 0.25) is 0 Å². The van der Waals surface area contributed by atoms with Crippen molar-refractivity contribution in [2.24, 2.45) is 0 Å². The SMILES string of the molecule is CCCCCCOCC[C](CCOCCCCCC)COCCCCCC. The van der Waals surface area contributed by atoms with E-state index in [9.17, 15) is 0 Å². The number of unbranched alkanes of at least 4 members (excludes halogenated alkanes) is 9. The molecule has 163 valence electrons. The Labute approximate surface area is 170 Å². The molecule has 0 bridgehead atoms. The average molecular weight is 386 g/mol. The van der Waals surface area contributed by atoms with Gasteiger partial charge in [-0.1, -0.05) is 78.6 Å². The highest BCUT2D eigenvalue weighted by atomic mass is 16.5. The molecule has 1 radical (unpaired) electrons. The molecule has 0 amide bonds. The lowest BCUT2D eigenvalue weighted by Crippen LogP contribution is -2.14. The van der Waals surface area contributed by atoms with Crippen LogP contribution in [-0.4, -0.2) is 39.6 Å². The second kappa shape index (κ2) is 23.9. The smallest absolute Gasteiger partial charge is 0.0530 e. The zero-order chi connectivity index (χ0) is 19.8. The molecule has 3 nitrogen and oxygen atoms in total. The molecule has 0 rings (SSSR count). The van der Waals surface area contributed by atoms with Crippen molar-refractivity contribution in [3.05, 3.63) is 5.92 Å². The van der Waals surface area contributed by atoms with E-state index in [0.29, 0.717) is 0 Å². The summed E-state index contributed by atoms with van der Waals surface area (Å²) in [7, 11) is 0. The predicted molar refractivity (Wildman–Crippen MR) is 117 cm³/mol. The van der Waals surface area contributed by atoms with Crippen molar-refractivity contribution in [2.75, 3.05) is 39.6 Å². The molecule has 3 heteroatoms. The van der Waals surface area contributed by atoms with E-state index < -0.39 is 0 Å². The second-order valence-corrected chi connectivity index (χ2v) is 7.71. The van der Waals surface area contributed by atoms with Gasteiger partial charge in [0.2, 0.25) is 0 Å². The van der Waals surface area contributed by atoms with E-state index in [4.69, 9.17) is 14.2 Å². The van der Waals surface area contributed by atoms with E-state index >= 15 is 0 Å². The van der Waals surface area contributed by atoms with Crippen molar-refractivity contribution in [2.45, 2.75) is 111 Å². The third kappa shape index (κ3) is 22.0. The summed E-state index contributed by atoms with van der Waals surface area (Å²) in [6.07, 6.45) is 17.3. The van der Waals surface area contributed by atoms with Crippen LogP contribution < -0.4 is 0 Å². The van der Waals surface area contributed by atoms with Gasteiger partial charge in [-0.3, -0.25) is 0 Å². The molecule has 0 aliphatic carbocycles. The Kier molecular flexibility index (Phi) is 23.8. The Morgan fingerprint density at radius 2 is 0.852 bits per heavy atom. The Balaban J connectivity index is 3.78. The summed E-state index contributed by atoms with van der Waals surface area (Å²) >= 11 is 0. The maximum Gasteiger partial charge on any atom is 0.0530 e. The van der Waals surface area contributed by atoms with Crippen molar-refractivity contribution in [1.29, 1.82) is 0 Å². The van der Waals surface area contributed by atoms with Crippen LogP contribution in [-0.2, 0) is 14.2 Å². The number of hydrogen-bond donors (Lipinski definition) is 0. The first-order valence-corrected chi connectivity index (χ1v) is 11.9. The number of rotatable bonds is 23. The predicted octanol–water partition coefficient (Wildman–Crippen LogP) is 7.13. The molecule has 0 aliphatic rings. The van der Waals surface area contributed by atoms with Crippen molar-refractivity contribution in [3.63, 3.8) is 0 Å². The molecule has 0 spiro atoms. The van der Waals surface area contributed by atoms with Gasteiger partial charge in [-0.25, -0.2) is 0 Å². The van der Waals surface area contributed by atoms with Crippen LogP contribution in [0.1, 0.15) is 111 Å². The third-order valence-electron chi connectivity index (χ3n) is 4.93. The Hall–Kier alpha value is -0.120. The summed E-state index contributed by atoms with van der Waals surface area (Å²) in [5.41, 5.74) is 0. The van der Waals surface area contributed by atoms with Crippen LogP contribution >= 0.6 is 0 Å². The summed E-state index contributed by atoms with van der Waals surface area (Å²) in [5.74, 6) is 1.45. The fourth-order valence-corrected chi connectivity index (χ4v) is 3.02. The van der Waals surface area contributed by atoms with E-state index in [1.165, 1.54) is 83.0 Å². The first-order valence-electron chi connectivity index (χ1n) is 11.9. The van der Waals surface area contributed by atoms with E-state index in [1.54, 1.807) is 0 Å². The lowest BCUT2D eigenvalue weighted by Gasteiger charge is -2.17. The van der Waals surface area contributed by atoms with Gasteiger partial charge in [0.25, 0.3) is 0 Å². The van der Waals surface area contributed by atoms with E-state index in [1.807, 2.05) is 0 Å². The second-order valence-electron chi connectivity index (χ2n) is 7.71. The largest absolute Gasteiger partial charge is 0.381 e. The van der Waals surface area contributed by atoms with Crippen LogP contribution in [0.4, 0.5) is 0 Å². The molecule has 0 atom stereocenters. The minimum atomic E-state index is 0.782. The molecule has 0 aromatic heterocycles. The van der Waals surface area contributed by atoms with Crippen molar-refractivity contribution < 1.29 is 14.2 Å². The Morgan fingerprint density at radius 3 is 1.26 bits per heavy atom. The van der Waals surface area contributed by atoms with Gasteiger partial charge in [-0.15, -0.1) is 0 Å². The summed E-state index contributed by atoms with van der Waals surface area (Å²) in [6.45, 7) is 11.9. The van der Waals surface area contributed by atoms with Gasteiger partial charge in [0.15, 0.2) is 0 Å². The summed E-state index contributed by atoms with van der Waals surface area (Å²) in [4.78, 5) is 0. The molecule has 0 saturated heterocycles. The van der Waals surface area contributed by atoms with Gasteiger partial charge in [0.1, 0.15) is 0 Å². The van der Waals surface area contributed by atoms with Crippen LogP contribution in [0, 0.1) is 5.92 Å². The average Bonchev–Trinajstić information content (AvgIpc) is 2.68. The summed E-state index contributed by atoms with van der Waals surface area (Å²) < 4.78 is 17.6. The first kappa shape index (κ1) is 26.9. The molecule has 0 N–H and O–H groups in total. The number of ether oxygens (including phenoxy) is 3. The van der Waals surface area contributed by atoms with Crippen molar-refractivity contribution in [1.82, 2.24) is 0 Å². The highest BCUT2D eigenvalue weighted by molar-refractivity contribution is 4.89. The Bertz CT molecular complexity index is 240. The summed E-state index contributed by atoms with van der Waals surface area (Å²) in [6, 6.07) is 0. The van der Waals surface area contributed by atoms with Gasteiger partial charge in [-0.05, 0) is 32.1 Å². The summed E-state index contributed by atoms with van der Waals surface area (Å²) in [5, 5.41) is 0. The van der Waals surface area contributed by atoms with Crippen LogP contribution in [0.15, 0.2) is 0 Å². The fourth-order valence-electron chi connectivity index (χ4n) is 3.02. The third-order valence-corrected chi connectivity index (χ3v) is 4.93. The topological polar surface area (TPSA) is 27.7 Å². The van der Waals surface area contributed by atoms with E-state index in [-0.39, 0.29) is 0 Å². The maximum absolute atomic E-state index is 5.91. The molecule has 0 saturated carbocycles. The molecule has 0 unspecified atom stereocenters. The number of hydrogen-bond acceptors (Lipinski definition) is 3. The molecule has 27 heavy (non-hydrogen) atoms. The first-order chi connectivity index (χ1) is 13.3. The normalized spacial score (nSPS) is 11.6. The minimum absolute atomic E-state index is 0.782. The zero-order valence-electron chi connectivity index (χ0n) is 18.9. The minimum Gasteiger partial charge on any atom is -0.381 e. The lowest BCUT2D eigenvalue weighted by atomic mass is 10.0. The fraction of sp³-hybridized carbons (Fsp3) is 0.958. The molecule has 0 aromatic carbocycles. The van der Waals surface area contributed by atoms with Crippen LogP contribution in [0.25, 0.3) is 0 Å². The zero-order valence-corrected chi connectivity index (χ0v) is 18.9. The molecule has 0 fully saturated rings. The highest BCUT2D eigenvalue weighted by Gasteiger charge is 2.10. The van der Waals surface area contributed by atoms with Crippen molar-refractivity contribution >= 4 is 0 Å². The van der Waals surface area contributed by atoms with Crippen LogP contribution in [0.5, 0.6) is 0 Å². The maximum atomic E-state index is 5.91. The van der Waals surface area contributed by atoms with Gasteiger partial charge in [0.05, 0.1) is 6.61 Å². The molecule has 0 aliphatic heterocycles. The molecular formula is C24H49O3.